The van der Waals surface area contributed by atoms with E-state index in [0.717, 1.165) is 11.1 Å². The van der Waals surface area contributed by atoms with Crippen molar-refractivity contribution in [3.05, 3.63) is 54.6 Å². The van der Waals surface area contributed by atoms with Gasteiger partial charge in [0.25, 0.3) is 5.91 Å². The zero-order valence-electron chi connectivity index (χ0n) is 15.8. The number of nitrogens with one attached hydrogen (secondary N) is 1. The number of amides is 1. The van der Waals surface area contributed by atoms with Gasteiger partial charge in [-0.25, -0.2) is 5.43 Å². The quantitative estimate of drug-likeness (QED) is 0.440. The Balaban J connectivity index is 1.83. The lowest BCUT2D eigenvalue weighted by Gasteiger charge is -2.10. The number of carbonyl (C=O) groups excluding carboxylic acids is 2. The third-order valence-electron chi connectivity index (χ3n) is 3.96. The molecule has 0 spiro atoms. The van der Waals surface area contributed by atoms with Crippen molar-refractivity contribution in [1.29, 1.82) is 0 Å². The third-order valence-corrected chi connectivity index (χ3v) is 3.96. The van der Waals surface area contributed by atoms with Crippen LogP contribution in [0.25, 0.3) is 11.1 Å². The number of benzene rings is 2. The summed E-state index contributed by atoms with van der Waals surface area (Å²) in [6, 6.07) is 17.5. The fraction of sp³-hybridized carbons (Fsp3) is 0.286. The van der Waals surface area contributed by atoms with E-state index in [9.17, 15) is 9.59 Å². The van der Waals surface area contributed by atoms with Crippen molar-refractivity contribution >= 4 is 17.6 Å². The normalized spacial score (nSPS) is 12.2. The van der Waals surface area contributed by atoms with Gasteiger partial charge in [-0.1, -0.05) is 42.5 Å². The largest absolute Gasteiger partial charge is 0.484 e. The maximum Gasteiger partial charge on any atom is 0.314 e. The van der Waals surface area contributed by atoms with E-state index in [1.807, 2.05) is 54.6 Å². The molecule has 2 rings (SSSR count). The van der Waals surface area contributed by atoms with Gasteiger partial charge in [0, 0.05) is 5.71 Å². The lowest BCUT2D eigenvalue weighted by atomic mass is 10.1. The van der Waals surface area contributed by atoms with Gasteiger partial charge >= 0.3 is 5.97 Å². The zero-order valence-corrected chi connectivity index (χ0v) is 15.8. The molecule has 1 amide bonds. The Kier molecular flexibility index (Phi) is 7.55. The second-order valence-electron chi connectivity index (χ2n) is 5.94. The zero-order chi connectivity index (χ0) is 19.6. The maximum absolute atomic E-state index is 11.9. The van der Waals surface area contributed by atoms with E-state index >= 15 is 0 Å². The second kappa shape index (κ2) is 10.1. The number of rotatable bonds is 8. The number of hydrazone groups is 1. The molecule has 0 fully saturated rings. The summed E-state index contributed by atoms with van der Waals surface area (Å²) in [5.74, 6) is -0.706. The fourth-order valence-electron chi connectivity index (χ4n) is 2.24. The molecule has 0 aliphatic carbocycles. The number of esters is 1. The van der Waals surface area contributed by atoms with Gasteiger partial charge < -0.3 is 9.47 Å². The highest BCUT2D eigenvalue weighted by atomic mass is 16.5. The number of nitrogens with zero attached hydrogens (tertiary/aromatic N) is 1. The Hall–Kier alpha value is -3.15. The summed E-state index contributed by atoms with van der Waals surface area (Å²) in [6.07, 6.45) is 0. The summed E-state index contributed by atoms with van der Waals surface area (Å²) < 4.78 is 10.4. The number of hydrogen-bond acceptors (Lipinski definition) is 5. The molecule has 1 N–H and O–H groups in total. The van der Waals surface area contributed by atoms with Crippen molar-refractivity contribution < 1.29 is 19.1 Å². The van der Waals surface area contributed by atoms with Gasteiger partial charge in [-0.3, -0.25) is 9.59 Å². The molecule has 2 aromatic rings. The van der Waals surface area contributed by atoms with Crippen molar-refractivity contribution in [3.63, 3.8) is 0 Å². The minimum atomic E-state index is -0.517. The molecule has 6 nitrogen and oxygen atoms in total. The summed E-state index contributed by atoms with van der Waals surface area (Å²) in [5, 5.41) is 3.93. The van der Waals surface area contributed by atoms with Crippen LogP contribution in [-0.2, 0) is 14.3 Å². The molecule has 1 atom stereocenters. The summed E-state index contributed by atoms with van der Waals surface area (Å²) in [4.78, 5) is 23.5. The molecule has 0 aromatic heterocycles. The summed E-state index contributed by atoms with van der Waals surface area (Å²) in [7, 11) is 0. The van der Waals surface area contributed by atoms with Gasteiger partial charge in [-0.2, -0.15) is 5.10 Å². The van der Waals surface area contributed by atoms with Crippen molar-refractivity contribution in [2.24, 2.45) is 11.0 Å². The molecule has 0 saturated heterocycles. The van der Waals surface area contributed by atoms with Crippen LogP contribution in [0.5, 0.6) is 5.75 Å². The van der Waals surface area contributed by atoms with Crippen molar-refractivity contribution in [3.8, 4) is 16.9 Å². The van der Waals surface area contributed by atoms with Crippen molar-refractivity contribution in [2.75, 3.05) is 13.2 Å². The highest BCUT2D eigenvalue weighted by Crippen LogP contribution is 2.21. The predicted octanol–water partition coefficient (Wildman–Crippen LogP) is 3.42. The first-order valence-electron chi connectivity index (χ1n) is 8.79. The van der Waals surface area contributed by atoms with Crippen LogP contribution in [0.2, 0.25) is 0 Å². The molecule has 0 aliphatic heterocycles. The average molecular weight is 368 g/mol. The SMILES string of the molecule is CCOC(=O)C(C)/C(C)=N\NC(=O)COc1ccc(-c2ccccc2)cc1. The molecule has 142 valence electrons. The smallest absolute Gasteiger partial charge is 0.314 e. The van der Waals surface area contributed by atoms with E-state index < -0.39 is 11.8 Å². The molecule has 1 unspecified atom stereocenters. The molecular formula is C21H24N2O4. The number of hydrogen-bond donors (Lipinski definition) is 1. The molecule has 2 aromatic carbocycles. The van der Waals surface area contributed by atoms with Crippen LogP contribution < -0.4 is 10.2 Å². The Morgan fingerprint density at radius 1 is 1.04 bits per heavy atom. The van der Waals surface area contributed by atoms with Gasteiger partial charge in [-0.15, -0.1) is 0 Å². The Morgan fingerprint density at radius 2 is 1.67 bits per heavy atom. The Bertz CT molecular complexity index is 786. The average Bonchev–Trinajstić information content (AvgIpc) is 2.71. The molecule has 0 radical (unpaired) electrons. The van der Waals surface area contributed by atoms with Gasteiger partial charge in [0.2, 0.25) is 0 Å². The number of carbonyl (C=O) groups is 2. The topological polar surface area (TPSA) is 77.0 Å². The summed E-state index contributed by atoms with van der Waals surface area (Å²) in [5.41, 5.74) is 5.03. The van der Waals surface area contributed by atoms with Crippen LogP contribution in [0, 0.1) is 5.92 Å². The maximum atomic E-state index is 11.9. The molecule has 27 heavy (non-hydrogen) atoms. The highest BCUT2D eigenvalue weighted by molar-refractivity contribution is 6.00. The van der Waals surface area contributed by atoms with Crippen LogP contribution >= 0.6 is 0 Å². The molecule has 0 saturated carbocycles. The lowest BCUT2D eigenvalue weighted by Crippen LogP contribution is -2.28. The molecule has 0 aliphatic rings. The van der Waals surface area contributed by atoms with Crippen molar-refractivity contribution in [2.45, 2.75) is 20.8 Å². The molecular weight excluding hydrogens is 344 g/mol. The summed E-state index contributed by atoms with van der Waals surface area (Å²) in [6.45, 7) is 5.20. The Morgan fingerprint density at radius 3 is 2.30 bits per heavy atom. The monoisotopic (exact) mass is 368 g/mol. The van der Waals surface area contributed by atoms with Gasteiger partial charge in [0.05, 0.1) is 12.5 Å². The predicted molar refractivity (Wildman–Crippen MR) is 104 cm³/mol. The van der Waals surface area contributed by atoms with Crippen LogP contribution in [0.3, 0.4) is 0 Å². The first kappa shape index (κ1) is 20.2. The van der Waals surface area contributed by atoms with Crippen LogP contribution in [0.1, 0.15) is 20.8 Å². The summed E-state index contributed by atoms with van der Waals surface area (Å²) >= 11 is 0. The first-order chi connectivity index (χ1) is 13.0. The molecule has 0 bridgehead atoms. The van der Waals surface area contributed by atoms with Gasteiger partial charge in [0.1, 0.15) is 5.75 Å². The molecule has 0 heterocycles. The lowest BCUT2D eigenvalue weighted by molar-refractivity contribution is -0.145. The van der Waals surface area contributed by atoms with Crippen LogP contribution in [0.4, 0.5) is 0 Å². The third kappa shape index (κ3) is 6.26. The van der Waals surface area contributed by atoms with E-state index in [1.54, 1.807) is 20.8 Å². The Labute approximate surface area is 159 Å². The van der Waals surface area contributed by atoms with Crippen molar-refractivity contribution in [1.82, 2.24) is 5.43 Å². The minimum Gasteiger partial charge on any atom is -0.484 e. The fourth-order valence-corrected chi connectivity index (χ4v) is 2.24. The van der Waals surface area contributed by atoms with Crippen LogP contribution in [-0.4, -0.2) is 30.8 Å². The van der Waals surface area contributed by atoms with E-state index in [1.165, 1.54) is 0 Å². The van der Waals surface area contributed by atoms with E-state index in [-0.39, 0.29) is 12.6 Å². The van der Waals surface area contributed by atoms with Crippen LogP contribution in [0.15, 0.2) is 59.7 Å². The number of ether oxygens (including phenoxy) is 2. The van der Waals surface area contributed by atoms with E-state index in [0.29, 0.717) is 18.1 Å². The minimum absolute atomic E-state index is 0.171. The van der Waals surface area contributed by atoms with Gasteiger partial charge in [0.15, 0.2) is 6.61 Å². The first-order valence-corrected chi connectivity index (χ1v) is 8.79. The second-order valence-corrected chi connectivity index (χ2v) is 5.94. The standard InChI is InChI=1S/C21H24N2O4/c1-4-26-21(25)15(2)16(3)22-23-20(24)14-27-19-12-10-18(11-13-19)17-8-6-5-7-9-17/h5-13,15H,4,14H2,1-3H3,(H,23,24)/b22-16-. The molecule has 6 heteroatoms. The van der Waals surface area contributed by atoms with E-state index in [4.69, 9.17) is 9.47 Å². The highest BCUT2D eigenvalue weighted by Gasteiger charge is 2.17. The van der Waals surface area contributed by atoms with E-state index in [2.05, 4.69) is 10.5 Å². The van der Waals surface area contributed by atoms with Gasteiger partial charge in [-0.05, 0) is 44.0 Å².